The van der Waals surface area contributed by atoms with Crippen molar-refractivity contribution in [3.63, 3.8) is 0 Å². The normalized spacial score (nSPS) is 13.8. The number of esters is 2. The van der Waals surface area contributed by atoms with Crippen LogP contribution in [-0.4, -0.2) is 41.1 Å². The molecule has 1 N–H and O–H groups in total. The summed E-state index contributed by atoms with van der Waals surface area (Å²) in [7, 11) is 0. The topological polar surface area (TPSA) is 64.6 Å². The Kier molecular flexibility index (Phi) is 7.73. The molecule has 0 saturated carbocycles. The predicted octanol–water partition coefficient (Wildman–Crippen LogP) is 2.41. The van der Waals surface area contributed by atoms with E-state index in [0.29, 0.717) is 11.8 Å². The van der Waals surface area contributed by atoms with Gasteiger partial charge in [0.1, 0.15) is 17.2 Å². The summed E-state index contributed by atoms with van der Waals surface area (Å²) < 4.78 is 10.5. The zero-order valence-electron chi connectivity index (χ0n) is 13.2. The molecule has 0 spiro atoms. The van der Waals surface area contributed by atoms with Gasteiger partial charge in [-0.3, -0.25) is 14.9 Å². The van der Waals surface area contributed by atoms with E-state index in [4.69, 9.17) is 9.47 Å². The Morgan fingerprint density at radius 2 is 1.55 bits per heavy atom. The van der Waals surface area contributed by atoms with E-state index in [9.17, 15) is 9.59 Å². The predicted molar refractivity (Wildman–Crippen MR) is 81.9 cm³/mol. The van der Waals surface area contributed by atoms with Crippen LogP contribution in [0, 0.1) is 0 Å². The first-order chi connectivity index (χ1) is 8.94. The minimum Gasteiger partial charge on any atom is -0.459 e. The van der Waals surface area contributed by atoms with Gasteiger partial charge in [0.2, 0.25) is 0 Å². The SMILES string of the molecule is CC(C)(C)OC(=O)CNC(CCBr)C(=O)OC(C)(C)C. The van der Waals surface area contributed by atoms with Gasteiger partial charge >= 0.3 is 11.9 Å². The van der Waals surface area contributed by atoms with Crippen molar-refractivity contribution in [2.45, 2.75) is 65.2 Å². The Bertz CT molecular complexity index is 331. The van der Waals surface area contributed by atoms with Gasteiger partial charge in [-0.2, -0.15) is 0 Å². The van der Waals surface area contributed by atoms with Crippen LogP contribution < -0.4 is 5.32 Å². The largest absolute Gasteiger partial charge is 0.459 e. The summed E-state index contributed by atoms with van der Waals surface area (Å²) in [5.41, 5.74) is -1.08. The first kappa shape index (κ1) is 19.4. The maximum Gasteiger partial charge on any atom is 0.323 e. The Balaban J connectivity index is 4.41. The van der Waals surface area contributed by atoms with Crippen molar-refractivity contribution in [2.75, 3.05) is 11.9 Å². The molecule has 0 aromatic carbocycles. The van der Waals surface area contributed by atoms with Crippen LogP contribution in [0.15, 0.2) is 0 Å². The van der Waals surface area contributed by atoms with E-state index in [-0.39, 0.29) is 18.5 Å². The number of carbonyl (C=O) groups excluding carboxylic acids is 2. The molecule has 20 heavy (non-hydrogen) atoms. The molecular formula is C14H26BrNO4. The third kappa shape index (κ3) is 10.2. The highest BCUT2D eigenvalue weighted by Gasteiger charge is 2.25. The van der Waals surface area contributed by atoms with Gasteiger partial charge in [-0.25, -0.2) is 0 Å². The summed E-state index contributed by atoms with van der Waals surface area (Å²) in [6, 6.07) is -0.527. The fourth-order valence-electron chi connectivity index (χ4n) is 1.37. The molecule has 5 nitrogen and oxygen atoms in total. The van der Waals surface area contributed by atoms with Crippen molar-refractivity contribution >= 4 is 27.9 Å². The highest BCUT2D eigenvalue weighted by Crippen LogP contribution is 2.11. The summed E-state index contributed by atoms with van der Waals surface area (Å²) in [6.07, 6.45) is 0.539. The van der Waals surface area contributed by atoms with E-state index in [0.717, 1.165) is 0 Å². The summed E-state index contributed by atoms with van der Waals surface area (Å²) in [6.45, 7) is 10.8. The van der Waals surface area contributed by atoms with Gasteiger partial charge in [-0.05, 0) is 48.0 Å². The lowest BCUT2D eigenvalue weighted by molar-refractivity contribution is -0.158. The number of ether oxygens (including phenoxy) is 2. The number of carbonyl (C=O) groups is 2. The lowest BCUT2D eigenvalue weighted by Crippen LogP contribution is -2.44. The molecule has 6 heteroatoms. The third-order valence-electron chi connectivity index (χ3n) is 2.00. The lowest BCUT2D eigenvalue weighted by atomic mass is 10.1. The molecule has 0 saturated heterocycles. The quantitative estimate of drug-likeness (QED) is 0.588. The van der Waals surface area contributed by atoms with Crippen molar-refractivity contribution in [1.82, 2.24) is 5.32 Å². The van der Waals surface area contributed by atoms with Gasteiger partial charge in [0.25, 0.3) is 0 Å². The fraction of sp³-hybridized carbons (Fsp3) is 0.857. The van der Waals surface area contributed by atoms with Crippen molar-refractivity contribution in [2.24, 2.45) is 0 Å². The van der Waals surface area contributed by atoms with Gasteiger partial charge in [0.15, 0.2) is 0 Å². The zero-order valence-corrected chi connectivity index (χ0v) is 14.8. The number of hydrogen-bond acceptors (Lipinski definition) is 5. The first-order valence-electron chi connectivity index (χ1n) is 6.68. The standard InChI is InChI=1S/C14H26BrNO4/c1-13(2,3)19-11(17)9-16-10(7-8-15)12(18)20-14(4,5)6/h10,16H,7-9H2,1-6H3. The molecule has 1 atom stereocenters. The number of halogens is 1. The molecule has 0 bridgehead atoms. The van der Waals surface area contributed by atoms with Crippen LogP contribution in [0.3, 0.4) is 0 Å². The average Bonchev–Trinajstić information content (AvgIpc) is 2.18. The minimum absolute atomic E-state index is 0.0197. The number of alkyl halides is 1. The van der Waals surface area contributed by atoms with Crippen molar-refractivity contribution < 1.29 is 19.1 Å². The van der Waals surface area contributed by atoms with Gasteiger partial charge in [-0.15, -0.1) is 0 Å². The van der Waals surface area contributed by atoms with E-state index in [1.807, 2.05) is 20.8 Å². The summed E-state index contributed by atoms with van der Waals surface area (Å²) in [5, 5.41) is 3.52. The van der Waals surface area contributed by atoms with Crippen LogP contribution in [0.25, 0.3) is 0 Å². The molecule has 0 rings (SSSR count). The van der Waals surface area contributed by atoms with Gasteiger partial charge in [-0.1, -0.05) is 15.9 Å². The maximum atomic E-state index is 12.0. The van der Waals surface area contributed by atoms with Gasteiger partial charge in [0, 0.05) is 5.33 Å². The van der Waals surface area contributed by atoms with Gasteiger partial charge in [0.05, 0.1) is 6.54 Å². The third-order valence-corrected chi connectivity index (χ3v) is 2.46. The van der Waals surface area contributed by atoms with Crippen LogP contribution in [0.5, 0.6) is 0 Å². The molecule has 0 amide bonds. The molecular weight excluding hydrogens is 326 g/mol. The minimum atomic E-state index is -0.546. The van der Waals surface area contributed by atoms with Crippen molar-refractivity contribution in [3.8, 4) is 0 Å². The maximum absolute atomic E-state index is 12.0. The van der Waals surface area contributed by atoms with Crippen LogP contribution in [0.4, 0.5) is 0 Å². The van der Waals surface area contributed by atoms with Crippen LogP contribution in [0.1, 0.15) is 48.0 Å². The number of hydrogen-bond donors (Lipinski definition) is 1. The van der Waals surface area contributed by atoms with Crippen molar-refractivity contribution in [1.29, 1.82) is 0 Å². The molecule has 0 aromatic rings. The Morgan fingerprint density at radius 1 is 1.05 bits per heavy atom. The van der Waals surface area contributed by atoms with Gasteiger partial charge < -0.3 is 9.47 Å². The van der Waals surface area contributed by atoms with Crippen LogP contribution in [0.2, 0.25) is 0 Å². The second-order valence-corrected chi connectivity index (χ2v) is 7.32. The second-order valence-electron chi connectivity index (χ2n) is 6.53. The molecule has 0 fully saturated rings. The van der Waals surface area contributed by atoms with E-state index in [1.165, 1.54) is 0 Å². The molecule has 0 aliphatic rings. The first-order valence-corrected chi connectivity index (χ1v) is 7.81. The highest BCUT2D eigenvalue weighted by atomic mass is 79.9. The second kappa shape index (κ2) is 7.98. The fourth-order valence-corrected chi connectivity index (χ4v) is 1.83. The Morgan fingerprint density at radius 3 is 1.95 bits per heavy atom. The Hall–Kier alpha value is -0.620. The molecule has 0 aromatic heterocycles. The summed E-state index contributed by atoms with van der Waals surface area (Å²) >= 11 is 3.29. The van der Waals surface area contributed by atoms with Crippen LogP contribution >= 0.6 is 15.9 Å². The van der Waals surface area contributed by atoms with E-state index in [1.54, 1.807) is 20.8 Å². The number of rotatable bonds is 6. The van der Waals surface area contributed by atoms with Crippen molar-refractivity contribution in [3.05, 3.63) is 0 Å². The monoisotopic (exact) mass is 351 g/mol. The molecule has 1 unspecified atom stereocenters. The average molecular weight is 352 g/mol. The zero-order chi connectivity index (χ0) is 16.0. The summed E-state index contributed by atoms with van der Waals surface area (Å²) in [5.74, 6) is -0.749. The summed E-state index contributed by atoms with van der Waals surface area (Å²) in [4.78, 5) is 23.6. The highest BCUT2D eigenvalue weighted by molar-refractivity contribution is 9.09. The Labute approximate surface area is 129 Å². The number of nitrogens with one attached hydrogen (secondary N) is 1. The smallest absolute Gasteiger partial charge is 0.323 e. The molecule has 0 heterocycles. The molecule has 0 radical (unpaired) electrons. The van der Waals surface area contributed by atoms with E-state index < -0.39 is 17.2 Å². The van der Waals surface area contributed by atoms with E-state index in [2.05, 4.69) is 21.2 Å². The van der Waals surface area contributed by atoms with Crippen LogP contribution in [-0.2, 0) is 19.1 Å². The van der Waals surface area contributed by atoms with E-state index >= 15 is 0 Å². The lowest BCUT2D eigenvalue weighted by Gasteiger charge is -2.25. The molecule has 0 aliphatic carbocycles. The molecule has 118 valence electrons. The molecule has 0 aliphatic heterocycles.